The van der Waals surface area contributed by atoms with Crippen LogP contribution in [-0.4, -0.2) is 29.6 Å². The number of carbonyl (C=O) groups is 3. The number of carboxylic acid groups (broad SMARTS) is 1. The Morgan fingerprint density at radius 1 is 1.21 bits per heavy atom. The number of hydrogen-bond donors (Lipinski definition) is 2. The highest BCUT2D eigenvalue weighted by Gasteiger charge is 2.36. The summed E-state index contributed by atoms with van der Waals surface area (Å²) < 4.78 is 5.07. The summed E-state index contributed by atoms with van der Waals surface area (Å²) in [4.78, 5) is 37.1. The molecule has 24 heavy (non-hydrogen) atoms. The summed E-state index contributed by atoms with van der Waals surface area (Å²) in [7, 11) is 0. The molecule has 2 atom stereocenters. The predicted molar refractivity (Wildman–Crippen MR) is 91.5 cm³/mol. The van der Waals surface area contributed by atoms with Gasteiger partial charge in [-0.25, -0.2) is 4.79 Å². The maximum atomic E-state index is 12.6. The molecule has 2 rings (SSSR count). The van der Waals surface area contributed by atoms with E-state index < -0.39 is 23.8 Å². The van der Waals surface area contributed by atoms with Crippen LogP contribution in [0.3, 0.4) is 0 Å². The van der Waals surface area contributed by atoms with Crippen LogP contribution >= 0.6 is 11.3 Å². The van der Waals surface area contributed by atoms with Crippen LogP contribution in [0.5, 0.6) is 0 Å². The molecule has 1 aliphatic carbocycles. The number of carboxylic acids is 1. The van der Waals surface area contributed by atoms with Crippen molar-refractivity contribution in [2.24, 2.45) is 11.8 Å². The van der Waals surface area contributed by atoms with Crippen molar-refractivity contribution in [1.29, 1.82) is 0 Å². The van der Waals surface area contributed by atoms with E-state index in [1.165, 1.54) is 11.3 Å². The van der Waals surface area contributed by atoms with Crippen molar-refractivity contribution in [3.05, 3.63) is 16.0 Å². The van der Waals surface area contributed by atoms with Gasteiger partial charge in [0.05, 0.1) is 24.0 Å². The van der Waals surface area contributed by atoms with Gasteiger partial charge in [0, 0.05) is 4.88 Å². The highest BCUT2D eigenvalue weighted by atomic mass is 32.1. The van der Waals surface area contributed by atoms with Gasteiger partial charge in [-0.3, -0.25) is 9.59 Å². The van der Waals surface area contributed by atoms with Gasteiger partial charge in [0.25, 0.3) is 0 Å². The third kappa shape index (κ3) is 3.77. The lowest BCUT2D eigenvalue weighted by Gasteiger charge is -2.27. The van der Waals surface area contributed by atoms with E-state index >= 15 is 0 Å². The van der Waals surface area contributed by atoms with E-state index in [0.29, 0.717) is 23.4 Å². The summed E-state index contributed by atoms with van der Waals surface area (Å²) in [5.41, 5.74) is 1.16. The summed E-state index contributed by atoms with van der Waals surface area (Å²) in [6, 6.07) is 0. The summed E-state index contributed by atoms with van der Waals surface area (Å²) in [5, 5.41) is 12.6. The monoisotopic (exact) mass is 353 g/mol. The van der Waals surface area contributed by atoms with Crippen molar-refractivity contribution in [3.63, 3.8) is 0 Å². The minimum atomic E-state index is -0.931. The lowest BCUT2D eigenvalue weighted by Crippen LogP contribution is -2.36. The van der Waals surface area contributed by atoms with Gasteiger partial charge in [0.2, 0.25) is 5.91 Å². The van der Waals surface area contributed by atoms with E-state index in [0.717, 1.165) is 23.3 Å². The van der Waals surface area contributed by atoms with Gasteiger partial charge in [-0.1, -0.05) is 12.8 Å². The molecule has 2 N–H and O–H groups in total. The van der Waals surface area contributed by atoms with E-state index in [1.54, 1.807) is 6.92 Å². The lowest BCUT2D eigenvalue weighted by molar-refractivity contribution is -0.147. The molecule has 132 valence electrons. The molecule has 0 radical (unpaired) electrons. The first kappa shape index (κ1) is 18.4. The highest BCUT2D eigenvalue weighted by Crippen LogP contribution is 2.36. The average molecular weight is 353 g/mol. The molecule has 1 aliphatic rings. The molecule has 1 saturated carbocycles. The molecule has 0 aliphatic heterocycles. The zero-order valence-electron chi connectivity index (χ0n) is 14.2. The van der Waals surface area contributed by atoms with Crippen molar-refractivity contribution >= 4 is 34.2 Å². The first-order valence-electron chi connectivity index (χ1n) is 8.17. The fraction of sp³-hybridized carbons (Fsp3) is 0.588. The average Bonchev–Trinajstić information content (AvgIpc) is 2.81. The smallest absolute Gasteiger partial charge is 0.341 e. The number of amides is 1. The van der Waals surface area contributed by atoms with Crippen LogP contribution in [0.1, 0.15) is 53.4 Å². The first-order chi connectivity index (χ1) is 11.4. The minimum Gasteiger partial charge on any atom is -0.481 e. The molecular formula is C17H23NO5S. The zero-order valence-corrected chi connectivity index (χ0v) is 15.0. The topological polar surface area (TPSA) is 92.7 Å². The van der Waals surface area contributed by atoms with E-state index in [9.17, 15) is 19.5 Å². The number of rotatable bonds is 5. The van der Waals surface area contributed by atoms with Crippen LogP contribution in [0.2, 0.25) is 0 Å². The number of ether oxygens (including phenoxy) is 1. The SMILES string of the molecule is CCOC(=O)c1c(NC(=O)[C@@H]2CCCC[C@@H]2C(=O)O)sc(C)c1C. The molecule has 1 amide bonds. The molecule has 0 saturated heterocycles. The van der Waals surface area contributed by atoms with E-state index in [4.69, 9.17) is 4.74 Å². The van der Waals surface area contributed by atoms with E-state index in [-0.39, 0.29) is 12.5 Å². The Morgan fingerprint density at radius 2 is 1.83 bits per heavy atom. The third-order valence-corrected chi connectivity index (χ3v) is 5.64. The number of anilines is 1. The van der Waals surface area contributed by atoms with Gasteiger partial charge < -0.3 is 15.2 Å². The van der Waals surface area contributed by atoms with Gasteiger partial charge in [-0.2, -0.15) is 0 Å². The Labute approximate surface area is 145 Å². The number of aliphatic carboxylic acids is 1. The van der Waals surface area contributed by atoms with Crippen molar-refractivity contribution < 1.29 is 24.2 Å². The Kier molecular flexibility index (Phi) is 5.99. The highest BCUT2D eigenvalue weighted by molar-refractivity contribution is 7.16. The standard InChI is InChI=1S/C17H23NO5S/c1-4-23-17(22)13-9(2)10(3)24-15(13)18-14(19)11-7-5-6-8-12(11)16(20)21/h11-12H,4-8H2,1-3H3,(H,18,19)(H,20,21)/t11-,12+/m1/s1. The number of carbonyl (C=O) groups excluding carboxylic acids is 2. The first-order valence-corrected chi connectivity index (χ1v) is 8.99. The van der Waals surface area contributed by atoms with Gasteiger partial charge in [-0.05, 0) is 39.2 Å². The summed E-state index contributed by atoms with van der Waals surface area (Å²) in [6.07, 6.45) is 2.74. The molecule has 6 nitrogen and oxygen atoms in total. The second-order valence-corrected chi connectivity index (χ2v) is 7.26. The predicted octanol–water partition coefficient (Wildman–Crippen LogP) is 3.37. The van der Waals surface area contributed by atoms with Crippen LogP contribution in [0.4, 0.5) is 5.00 Å². The second kappa shape index (κ2) is 7.79. The third-order valence-electron chi connectivity index (χ3n) is 4.52. The van der Waals surface area contributed by atoms with Crippen molar-refractivity contribution in [3.8, 4) is 0 Å². The second-order valence-electron chi connectivity index (χ2n) is 6.03. The molecule has 1 aromatic rings. The van der Waals surface area contributed by atoms with Crippen molar-refractivity contribution in [2.75, 3.05) is 11.9 Å². The summed E-state index contributed by atoms with van der Waals surface area (Å²) >= 11 is 1.32. The number of hydrogen-bond acceptors (Lipinski definition) is 5. The van der Waals surface area contributed by atoms with Crippen LogP contribution in [0.25, 0.3) is 0 Å². The quantitative estimate of drug-likeness (QED) is 0.792. The Balaban J connectivity index is 2.24. The minimum absolute atomic E-state index is 0.254. The Bertz CT molecular complexity index is 652. The van der Waals surface area contributed by atoms with Gasteiger partial charge in [0.1, 0.15) is 5.00 Å². The maximum Gasteiger partial charge on any atom is 0.341 e. The number of thiophene rings is 1. The maximum absolute atomic E-state index is 12.6. The van der Waals surface area contributed by atoms with Crippen molar-refractivity contribution in [2.45, 2.75) is 46.5 Å². The number of aryl methyl sites for hydroxylation is 1. The Hall–Kier alpha value is -1.89. The van der Waals surface area contributed by atoms with Crippen LogP contribution in [0, 0.1) is 25.7 Å². The molecule has 1 heterocycles. The van der Waals surface area contributed by atoms with Crippen LogP contribution in [-0.2, 0) is 14.3 Å². The van der Waals surface area contributed by atoms with Gasteiger partial charge >= 0.3 is 11.9 Å². The Morgan fingerprint density at radius 3 is 2.42 bits per heavy atom. The molecule has 0 spiro atoms. The summed E-state index contributed by atoms with van der Waals surface area (Å²) in [5.74, 6) is -2.94. The lowest BCUT2D eigenvalue weighted by atomic mass is 9.79. The molecule has 0 aromatic carbocycles. The van der Waals surface area contributed by atoms with Gasteiger partial charge in [0.15, 0.2) is 0 Å². The van der Waals surface area contributed by atoms with Crippen LogP contribution < -0.4 is 5.32 Å². The molecule has 0 bridgehead atoms. The number of esters is 1. The fourth-order valence-corrected chi connectivity index (χ4v) is 4.16. The molecule has 0 unspecified atom stereocenters. The molecule has 7 heteroatoms. The summed E-state index contributed by atoms with van der Waals surface area (Å²) in [6.45, 7) is 5.67. The zero-order chi connectivity index (χ0) is 17.9. The van der Waals surface area contributed by atoms with Crippen molar-refractivity contribution in [1.82, 2.24) is 0 Å². The largest absolute Gasteiger partial charge is 0.481 e. The van der Waals surface area contributed by atoms with Crippen LogP contribution in [0.15, 0.2) is 0 Å². The molecule has 1 aromatic heterocycles. The van der Waals surface area contributed by atoms with Gasteiger partial charge in [-0.15, -0.1) is 11.3 Å². The normalized spacial score (nSPS) is 20.5. The van der Waals surface area contributed by atoms with E-state index in [2.05, 4.69) is 5.32 Å². The van der Waals surface area contributed by atoms with E-state index in [1.807, 2.05) is 13.8 Å². The fourth-order valence-electron chi connectivity index (χ4n) is 3.11. The molecule has 1 fully saturated rings. The molecular weight excluding hydrogens is 330 g/mol. The number of nitrogens with one attached hydrogen (secondary N) is 1.